The molecule has 0 aliphatic carbocycles. The number of aromatic nitrogens is 1. The molecule has 2 amide bonds. The van der Waals surface area contributed by atoms with Crippen LogP contribution in [0, 0.1) is 6.92 Å². The lowest BCUT2D eigenvalue weighted by atomic mass is 10.1. The Morgan fingerprint density at radius 2 is 1.62 bits per heavy atom. The number of carbonyl (C=O) groups excluding carboxylic acids is 2. The molecular weight excluding hydrogens is 346 g/mol. The van der Waals surface area contributed by atoms with Crippen LogP contribution in [0.2, 0.25) is 0 Å². The molecule has 2 aromatic carbocycles. The summed E-state index contributed by atoms with van der Waals surface area (Å²) in [4.78, 5) is 29.9. The molecule has 0 fully saturated rings. The van der Waals surface area contributed by atoms with Gasteiger partial charge in [0.25, 0.3) is 11.8 Å². The number of hydrogen-bond donors (Lipinski definition) is 2. The van der Waals surface area contributed by atoms with E-state index in [1.165, 1.54) is 11.3 Å². The predicted octanol–water partition coefficient (Wildman–Crippen LogP) is 4.52. The summed E-state index contributed by atoms with van der Waals surface area (Å²) >= 11 is 1.27. The van der Waals surface area contributed by atoms with Crippen LogP contribution in [0.5, 0.6) is 0 Å². The number of carbonyl (C=O) groups is 2. The van der Waals surface area contributed by atoms with E-state index in [1.54, 1.807) is 36.7 Å². The standard InChI is InChI=1S/C20H19N3O2S/c1-3-14-8-4-6-10-16(14)22-19(24)15-9-5-7-11-17(15)23-20(25)18-13(2)21-12-26-18/h4-12H,3H2,1-2H3,(H,22,24)(H,23,25). The molecule has 0 aliphatic rings. The van der Waals surface area contributed by atoms with Crippen LogP contribution in [-0.4, -0.2) is 16.8 Å². The summed E-state index contributed by atoms with van der Waals surface area (Å²) < 4.78 is 0. The smallest absolute Gasteiger partial charge is 0.267 e. The van der Waals surface area contributed by atoms with Gasteiger partial charge in [-0.25, -0.2) is 4.98 Å². The number of aryl methyl sites for hydroxylation is 2. The van der Waals surface area contributed by atoms with Crippen LogP contribution in [-0.2, 0) is 6.42 Å². The van der Waals surface area contributed by atoms with Crippen LogP contribution < -0.4 is 10.6 Å². The Balaban J connectivity index is 1.83. The second-order valence-electron chi connectivity index (χ2n) is 5.73. The molecule has 1 heterocycles. The Morgan fingerprint density at radius 3 is 2.31 bits per heavy atom. The number of benzene rings is 2. The maximum Gasteiger partial charge on any atom is 0.267 e. The zero-order valence-corrected chi connectivity index (χ0v) is 15.4. The lowest BCUT2D eigenvalue weighted by Crippen LogP contribution is -2.18. The van der Waals surface area contributed by atoms with Gasteiger partial charge in [-0.05, 0) is 37.1 Å². The van der Waals surface area contributed by atoms with E-state index < -0.39 is 0 Å². The second kappa shape index (κ2) is 7.93. The van der Waals surface area contributed by atoms with E-state index in [1.807, 2.05) is 31.2 Å². The van der Waals surface area contributed by atoms with Crippen LogP contribution in [0.15, 0.2) is 54.0 Å². The lowest BCUT2D eigenvalue weighted by Gasteiger charge is -2.13. The first-order valence-corrected chi connectivity index (χ1v) is 9.17. The van der Waals surface area contributed by atoms with Gasteiger partial charge in [-0.3, -0.25) is 9.59 Å². The normalized spacial score (nSPS) is 10.4. The third-order valence-electron chi connectivity index (χ3n) is 4.02. The fourth-order valence-electron chi connectivity index (χ4n) is 2.63. The summed E-state index contributed by atoms with van der Waals surface area (Å²) in [7, 11) is 0. The number of anilines is 2. The van der Waals surface area contributed by atoms with Gasteiger partial charge in [0, 0.05) is 5.69 Å². The van der Waals surface area contributed by atoms with Gasteiger partial charge in [-0.15, -0.1) is 11.3 Å². The maximum absolute atomic E-state index is 12.8. The highest BCUT2D eigenvalue weighted by Crippen LogP contribution is 2.22. The van der Waals surface area contributed by atoms with Crippen LogP contribution >= 0.6 is 11.3 Å². The Labute approximate surface area is 156 Å². The summed E-state index contributed by atoms with van der Waals surface area (Å²) in [5.41, 5.74) is 5.02. The topological polar surface area (TPSA) is 71.1 Å². The third kappa shape index (κ3) is 3.81. The molecule has 0 spiro atoms. The average molecular weight is 365 g/mol. The first kappa shape index (κ1) is 17.8. The molecule has 0 saturated carbocycles. The minimum absolute atomic E-state index is 0.261. The predicted molar refractivity (Wildman–Crippen MR) is 105 cm³/mol. The third-order valence-corrected chi connectivity index (χ3v) is 4.95. The molecule has 0 atom stereocenters. The molecule has 5 nitrogen and oxygen atoms in total. The highest BCUT2D eigenvalue weighted by atomic mass is 32.1. The van der Waals surface area contributed by atoms with Gasteiger partial charge in [0.15, 0.2) is 0 Å². The van der Waals surface area contributed by atoms with Gasteiger partial charge >= 0.3 is 0 Å². The summed E-state index contributed by atoms with van der Waals surface area (Å²) in [6.45, 7) is 3.82. The van der Waals surface area contributed by atoms with Gasteiger partial charge in [0.05, 0.1) is 22.5 Å². The zero-order valence-electron chi connectivity index (χ0n) is 14.6. The van der Waals surface area contributed by atoms with Crippen molar-refractivity contribution in [1.29, 1.82) is 0 Å². The first-order valence-electron chi connectivity index (χ1n) is 8.30. The molecule has 0 radical (unpaired) electrons. The summed E-state index contributed by atoms with van der Waals surface area (Å²) in [5.74, 6) is -0.526. The molecule has 26 heavy (non-hydrogen) atoms. The Morgan fingerprint density at radius 1 is 0.962 bits per heavy atom. The van der Waals surface area contributed by atoms with E-state index in [-0.39, 0.29) is 11.8 Å². The number of para-hydroxylation sites is 2. The summed E-state index contributed by atoms with van der Waals surface area (Å²) in [6.07, 6.45) is 0.819. The molecule has 132 valence electrons. The highest BCUT2D eigenvalue weighted by Gasteiger charge is 2.17. The number of amides is 2. The number of nitrogens with zero attached hydrogens (tertiary/aromatic N) is 1. The van der Waals surface area contributed by atoms with Gasteiger partial charge in [-0.2, -0.15) is 0 Å². The van der Waals surface area contributed by atoms with Gasteiger partial charge in [0.1, 0.15) is 4.88 Å². The van der Waals surface area contributed by atoms with Crippen molar-refractivity contribution in [3.05, 3.63) is 75.7 Å². The molecule has 2 N–H and O–H groups in total. The number of rotatable bonds is 5. The van der Waals surface area contributed by atoms with Crippen LogP contribution in [0.4, 0.5) is 11.4 Å². The van der Waals surface area contributed by atoms with Crippen molar-refractivity contribution in [2.75, 3.05) is 10.6 Å². The lowest BCUT2D eigenvalue weighted by molar-refractivity contribution is 0.102. The monoisotopic (exact) mass is 365 g/mol. The van der Waals surface area contributed by atoms with Gasteiger partial charge in [-0.1, -0.05) is 37.3 Å². The zero-order chi connectivity index (χ0) is 18.5. The number of thiazole rings is 1. The number of hydrogen-bond acceptors (Lipinski definition) is 4. The van der Waals surface area contributed by atoms with Crippen LogP contribution in [0.3, 0.4) is 0 Å². The first-order chi connectivity index (χ1) is 12.6. The van der Waals surface area contributed by atoms with Crippen molar-refractivity contribution in [2.45, 2.75) is 20.3 Å². The molecule has 0 bridgehead atoms. The fraction of sp³-hybridized carbons (Fsp3) is 0.150. The van der Waals surface area contributed by atoms with Crippen molar-refractivity contribution >= 4 is 34.5 Å². The Hall–Kier alpha value is -2.99. The summed E-state index contributed by atoms with van der Waals surface area (Å²) in [6, 6.07) is 14.7. The van der Waals surface area contributed by atoms with E-state index in [0.29, 0.717) is 21.8 Å². The molecule has 6 heteroatoms. The average Bonchev–Trinajstić information content (AvgIpc) is 3.08. The van der Waals surface area contributed by atoms with Crippen molar-refractivity contribution in [3.63, 3.8) is 0 Å². The molecule has 0 unspecified atom stereocenters. The maximum atomic E-state index is 12.8. The minimum Gasteiger partial charge on any atom is -0.322 e. The quantitative estimate of drug-likeness (QED) is 0.698. The van der Waals surface area contributed by atoms with Crippen LogP contribution in [0.25, 0.3) is 0 Å². The molecule has 3 rings (SSSR count). The molecular formula is C20H19N3O2S. The van der Waals surface area contributed by atoms with Crippen molar-refractivity contribution in [1.82, 2.24) is 4.98 Å². The minimum atomic E-state index is -0.265. The molecule has 1 aromatic heterocycles. The fourth-order valence-corrected chi connectivity index (χ4v) is 3.33. The van der Waals surface area contributed by atoms with E-state index in [0.717, 1.165) is 17.7 Å². The second-order valence-corrected chi connectivity index (χ2v) is 6.59. The summed E-state index contributed by atoms with van der Waals surface area (Å²) in [5, 5.41) is 5.76. The highest BCUT2D eigenvalue weighted by molar-refractivity contribution is 7.12. The SMILES string of the molecule is CCc1ccccc1NC(=O)c1ccccc1NC(=O)c1scnc1C. The Kier molecular flexibility index (Phi) is 5.43. The van der Waals surface area contributed by atoms with Gasteiger partial charge in [0.2, 0.25) is 0 Å². The largest absolute Gasteiger partial charge is 0.322 e. The molecule has 0 saturated heterocycles. The van der Waals surface area contributed by atoms with Crippen molar-refractivity contribution in [3.8, 4) is 0 Å². The van der Waals surface area contributed by atoms with Crippen LogP contribution in [0.1, 0.15) is 38.2 Å². The van der Waals surface area contributed by atoms with E-state index in [4.69, 9.17) is 0 Å². The van der Waals surface area contributed by atoms with E-state index >= 15 is 0 Å². The Bertz CT molecular complexity index is 949. The van der Waals surface area contributed by atoms with Gasteiger partial charge < -0.3 is 10.6 Å². The van der Waals surface area contributed by atoms with E-state index in [2.05, 4.69) is 15.6 Å². The number of nitrogens with one attached hydrogen (secondary N) is 2. The van der Waals surface area contributed by atoms with Crippen molar-refractivity contribution < 1.29 is 9.59 Å². The van der Waals surface area contributed by atoms with Crippen molar-refractivity contribution in [2.24, 2.45) is 0 Å². The molecule has 0 aliphatic heterocycles. The van der Waals surface area contributed by atoms with E-state index in [9.17, 15) is 9.59 Å². The molecule has 3 aromatic rings.